The first kappa shape index (κ1) is 12.9. The number of rotatable bonds is 4. The summed E-state index contributed by atoms with van der Waals surface area (Å²) in [6.45, 7) is 4.98. The van der Waals surface area contributed by atoms with E-state index in [0.717, 1.165) is 25.1 Å². The number of carbonyl (C=O) groups is 1. The zero-order chi connectivity index (χ0) is 13.0. The molecule has 1 fully saturated rings. The van der Waals surface area contributed by atoms with Crippen LogP contribution in [0.2, 0.25) is 0 Å². The molecule has 0 radical (unpaired) electrons. The Bertz CT molecular complexity index is 425. The number of amides is 1. The van der Waals surface area contributed by atoms with Crippen LogP contribution >= 0.6 is 0 Å². The van der Waals surface area contributed by atoms with E-state index >= 15 is 0 Å². The average Bonchev–Trinajstić information content (AvgIpc) is 2.76. The van der Waals surface area contributed by atoms with Gasteiger partial charge in [-0.15, -0.1) is 0 Å². The molecule has 4 heteroatoms. The molecule has 0 atom stereocenters. The summed E-state index contributed by atoms with van der Waals surface area (Å²) in [7, 11) is 0. The van der Waals surface area contributed by atoms with E-state index in [1.165, 1.54) is 12.8 Å². The lowest BCUT2D eigenvalue weighted by Crippen LogP contribution is -2.43. The smallest absolute Gasteiger partial charge is 0.270 e. The molecule has 0 bridgehead atoms. The molecule has 2 N–H and O–H groups in total. The monoisotopic (exact) mass is 247 g/mol. The summed E-state index contributed by atoms with van der Waals surface area (Å²) in [4.78, 5) is 16.3. The molecule has 0 saturated heterocycles. The summed E-state index contributed by atoms with van der Waals surface area (Å²) < 4.78 is 0. The molecule has 1 aromatic heterocycles. The number of aromatic nitrogens is 1. The maximum Gasteiger partial charge on any atom is 0.270 e. The van der Waals surface area contributed by atoms with E-state index in [2.05, 4.69) is 22.5 Å². The Kier molecular flexibility index (Phi) is 3.84. The lowest BCUT2D eigenvalue weighted by atomic mass is 10.0. The highest BCUT2D eigenvalue weighted by Crippen LogP contribution is 2.29. The van der Waals surface area contributed by atoms with Crippen molar-refractivity contribution in [2.24, 2.45) is 0 Å². The second-order valence-corrected chi connectivity index (χ2v) is 5.18. The fraction of sp³-hybridized carbons (Fsp3) is 0.571. The van der Waals surface area contributed by atoms with Gasteiger partial charge in [0.15, 0.2) is 0 Å². The topological polar surface area (TPSA) is 54.0 Å². The Morgan fingerprint density at radius 1 is 1.44 bits per heavy atom. The van der Waals surface area contributed by atoms with Crippen LogP contribution in [0.5, 0.6) is 0 Å². The predicted octanol–water partition coefficient (Wildman–Crippen LogP) is 2.58. The molecule has 1 amide bonds. The maximum absolute atomic E-state index is 12.2. The molecule has 1 aromatic rings. The molecule has 1 aliphatic carbocycles. The zero-order valence-electron chi connectivity index (χ0n) is 11.1. The van der Waals surface area contributed by atoms with Crippen LogP contribution in [0.1, 0.15) is 50.0 Å². The van der Waals surface area contributed by atoms with Crippen LogP contribution in [0.4, 0.5) is 5.69 Å². The van der Waals surface area contributed by atoms with Gasteiger partial charge in [0, 0.05) is 24.0 Å². The summed E-state index contributed by atoms with van der Waals surface area (Å²) in [5.41, 5.74) is 1.38. The Morgan fingerprint density at radius 3 is 2.83 bits per heavy atom. The Hall–Kier alpha value is -1.58. The van der Waals surface area contributed by atoms with Crippen LogP contribution in [0.25, 0.3) is 0 Å². The van der Waals surface area contributed by atoms with Crippen molar-refractivity contribution in [1.29, 1.82) is 0 Å². The van der Waals surface area contributed by atoms with Gasteiger partial charge >= 0.3 is 0 Å². The highest BCUT2D eigenvalue weighted by Gasteiger charge is 2.30. The van der Waals surface area contributed by atoms with Crippen molar-refractivity contribution >= 4 is 11.6 Å². The Balaban J connectivity index is 2.06. The summed E-state index contributed by atoms with van der Waals surface area (Å²) in [6, 6.07) is 3.68. The standard InChI is InChI=1S/C14H21N3O/c1-3-15-11-6-9-16-12(10-11)13(18)17-14(2)7-4-5-8-14/h6,9-10H,3-5,7-8H2,1-2H3,(H,15,16)(H,17,18). The van der Waals surface area contributed by atoms with E-state index in [1.807, 2.05) is 13.0 Å². The van der Waals surface area contributed by atoms with E-state index in [-0.39, 0.29) is 11.4 Å². The highest BCUT2D eigenvalue weighted by atomic mass is 16.2. The molecule has 1 saturated carbocycles. The minimum absolute atomic E-state index is 0.0487. The lowest BCUT2D eigenvalue weighted by molar-refractivity contribution is 0.0903. The molecule has 98 valence electrons. The van der Waals surface area contributed by atoms with Crippen molar-refractivity contribution in [1.82, 2.24) is 10.3 Å². The van der Waals surface area contributed by atoms with Crippen molar-refractivity contribution in [3.63, 3.8) is 0 Å². The number of carbonyl (C=O) groups excluding carboxylic acids is 1. The summed E-state index contributed by atoms with van der Waals surface area (Å²) >= 11 is 0. The van der Waals surface area contributed by atoms with Crippen molar-refractivity contribution in [3.8, 4) is 0 Å². The van der Waals surface area contributed by atoms with Gasteiger partial charge in [0.05, 0.1) is 0 Å². The van der Waals surface area contributed by atoms with Crippen LogP contribution in [0, 0.1) is 0 Å². The summed E-state index contributed by atoms with van der Waals surface area (Å²) in [5.74, 6) is -0.0702. The third-order valence-corrected chi connectivity index (χ3v) is 3.50. The second kappa shape index (κ2) is 5.38. The van der Waals surface area contributed by atoms with Gasteiger partial charge in [-0.25, -0.2) is 0 Å². The molecule has 0 aromatic carbocycles. The first-order valence-corrected chi connectivity index (χ1v) is 6.65. The third kappa shape index (κ3) is 3.00. The molecule has 1 heterocycles. The average molecular weight is 247 g/mol. The predicted molar refractivity (Wildman–Crippen MR) is 72.7 cm³/mol. The molecule has 1 aliphatic rings. The second-order valence-electron chi connectivity index (χ2n) is 5.18. The van der Waals surface area contributed by atoms with Gasteiger partial charge in [0.1, 0.15) is 5.69 Å². The molecular formula is C14H21N3O. The molecule has 0 unspecified atom stereocenters. The first-order valence-electron chi connectivity index (χ1n) is 6.65. The fourth-order valence-corrected chi connectivity index (χ4v) is 2.49. The van der Waals surface area contributed by atoms with Crippen molar-refractivity contribution in [2.75, 3.05) is 11.9 Å². The molecule has 2 rings (SSSR count). The number of nitrogens with one attached hydrogen (secondary N) is 2. The maximum atomic E-state index is 12.2. The quantitative estimate of drug-likeness (QED) is 0.859. The normalized spacial score (nSPS) is 17.4. The van der Waals surface area contributed by atoms with Gasteiger partial charge in [0.25, 0.3) is 5.91 Å². The number of anilines is 1. The van der Waals surface area contributed by atoms with Gasteiger partial charge in [-0.1, -0.05) is 12.8 Å². The van der Waals surface area contributed by atoms with Crippen LogP contribution in [0.3, 0.4) is 0 Å². The Labute approximate surface area is 108 Å². The van der Waals surface area contributed by atoms with E-state index in [9.17, 15) is 4.79 Å². The molecule has 0 aliphatic heterocycles. The van der Waals surface area contributed by atoms with Crippen LogP contribution in [-0.4, -0.2) is 23.0 Å². The van der Waals surface area contributed by atoms with Crippen LogP contribution in [-0.2, 0) is 0 Å². The molecule has 0 spiro atoms. The number of nitrogens with zero attached hydrogens (tertiary/aromatic N) is 1. The minimum atomic E-state index is -0.0702. The van der Waals surface area contributed by atoms with Gasteiger partial charge in [-0.2, -0.15) is 0 Å². The molecule has 18 heavy (non-hydrogen) atoms. The van der Waals surface area contributed by atoms with E-state index in [1.54, 1.807) is 12.3 Å². The fourth-order valence-electron chi connectivity index (χ4n) is 2.49. The van der Waals surface area contributed by atoms with Gasteiger partial charge in [-0.05, 0) is 38.8 Å². The first-order chi connectivity index (χ1) is 8.63. The zero-order valence-corrected chi connectivity index (χ0v) is 11.1. The lowest BCUT2D eigenvalue weighted by Gasteiger charge is -2.25. The molecular weight excluding hydrogens is 226 g/mol. The van der Waals surface area contributed by atoms with Crippen molar-refractivity contribution in [2.45, 2.75) is 45.1 Å². The van der Waals surface area contributed by atoms with E-state index < -0.39 is 0 Å². The van der Waals surface area contributed by atoms with Crippen LogP contribution in [0.15, 0.2) is 18.3 Å². The van der Waals surface area contributed by atoms with E-state index in [4.69, 9.17) is 0 Å². The largest absolute Gasteiger partial charge is 0.385 e. The van der Waals surface area contributed by atoms with Gasteiger partial charge in [0.2, 0.25) is 0 Å². The SMILES string of the molecule is CCNc1ccnc(C(=O)NC2(C)CCCC2)c1. The summed E-state index contributed by atoms with van der Waals surface area (Å²) in [5, 5.41) is 6.30. The highest BCUT2D eigenvalue weighted by molar-refractivity contribution is 5.93. The Morgan fingerprint density at radius 2 is 2.17 bits per heavy atom. The number of hydrogen-bond acceptors (Lipinski definition) is 3. The van der Waals surface area contributed by atoms with Gasteiger partial charge < -0.3 is 10.6 Å². The van der Waals surface area contributed by atoms with Crippen LogP contribution < -0.4 is 10.6 Å². The number of hydrogen-bond donors (Lipinski definition) is 2. The van der Waals surface area contributed by atoms with Crippen molar-refractivity contribution < 1.29 is 4.79 Å². The van der Waals surface area contributed by atoms with Crippen molar-refractivity contribution in [3.05, 3.63) is 24.0 Å². The third-order valence-electron chi connectivity index (χ3n) is 3.50. The summed E-state index contributed by atoms with van der Waals surface area (Å²) in [6.07, 6.45) is 6.18. The van der Waals surface area contributed by atoms with Gasteiger partial charge in [-0.3, -0.25) is 9.78 Å². The molecule has 4 nitrogen and oxygen atoms in total. The minimum Gasteiger partial charge on any atom is -0.385 e. The van der Waals surface area contributed by atoms with E-state index in [0.29, 0.717) is 5.69 Å². The number of pyridine rings is 1.